The van der Waals surface area contributed by atoms with E-state index < -0.39 is 10.0 Å². The third kappa shape index (κ3) is 3.84. The Balaban J connectivity index is 2.29. The third-order valence-corrected chi connectivity index (χ3v) is 5.04. The summed E-state index contributed by atoms with van der Waals surface area (Å²) in [6, 6.07) is 7.88. The first-order chi connectivity index (χ1) is 9.93. The van der Waals surface area contributed by atoms with E-state index in [0.29, 0.717) is 23.7 Å². The van der Waals surface area contributed by atoms with Gasteiger partial charge in [-0.1, -0.05) is 23.7 Å². The van der Waals surface area contributed by atoms with Gasteiger partial charge in [-0.3, -0.25) is 0 Å². The number of nitrogens with zero attached hydrogens (tertiary/aromatic N) is 2. The first-order valence-corrected chi connectivity index (χ1v) is 8.43. The van der Waals surface area contributed by atoms with Crippen LogP contribution in [0.4, 0.5) is 0 Å². The Morgan fingerprint density at radius 1 is 1.29 bits per heavy atom. The Bertz CT molecular complexity index is 695. The number of aromatic nitrogens is 1. The molecule has 1 aromatic carbocycles. The predicted molar refractivity (Wildman–Crippen MR) is 80.6 cm³/mol. The summed E-state index contributed by atoms with van der Waals surface area (Å²) in [7, 11) is -3.58. The lowest BCUT2D eigenvalue weighted by Crippen LogP contribution is -2.31. The quantitative estimate of drug-likeness (QED) is 0.816. The van der Waals surface area contributed by atoms with Crippen molar-refractivity contribution < 1.29 is 12.9 Å². The van der Waals surface area contributed by atoms with Gasteiger partial charge in [0.25, 0.3) is 0 Å². The highest BCUT2D eigenvalue weighted by Crippen LogP contribution is 2.21. The summed E-state index contributed by atoms with van der Waals surface area (Å²) in [6.07, 6.45) is 0.708. The van der Waals surface area contributed by atoms with Crippen molar-refractivity contribution in [3.63, 3.8) is 0 Å². The molecule has 0 spiro atoms. The molecule has 0 aliphatic rings. The molecule has 0 bridgehead atoms. The van der Waals surface area contributed by atoms with Crippen LogP contribution in [0.15, 0.2) is 39.8 Å². The fourth-order valence-electron chi connectivity index (χ4n) is 1.95. The van der Waals surface area contributed by atoms with Crippen LogP contribution in [-0.2, 0) is 16.6 Å². The molecule has 0 saturated carbocycles. The van der Waals surface area contributed by atoms with Gasteiger partial charge in [-0.25, -0.2) is 8.42 Å². The van der Waals surface area contributed by atoms with E-state index in [1.165, 1.54) is 16.4 Å². The Labute approximate surface area is 129 Å². The van der Waals surface area contributed by atoms with E-state index in [-0.39, 0.29) is 11.4 Å². The summed E-state index contributed by atoms with van der Waals surface area (Å²) < 4.78 is 31.8. The first-order valence-electron chi connectivity index (χ1n) is 6.61. The van der Waals surface area contributed by atoms with Gasteiger partial charge in [-0.2, -0.15) is 4.31 Å². The lowest BCUT2D eigenvalue weighted by molar-refractivity contribution is 0.320. The van der Waals surface area contributed by atoms with Crippen molar-refractivity contribution >= 4 is 21.6 Å². The van der Waals surface area contributed by atoms with Crippen molar-refractivity contribution in [1.82, 2.24) is 9.46 Å². The van der Waals surface area contributed by atoms with E-state index >= 15 is 0 Å². The van der Waals surface area contributed by atoms with Gasteiger partial charge in [0.2, 0.25) is 10.0 Å². The van der Waals surface area contributed by atoms with Crippen LogP contribution in [-0.4, -0.2) is 24.4 Å². The molecule has 0 fully saturated rings. The molecule has 0 aliphatic carbocycles. The zero-order valence-corrected chi connectivity index (χ0v) is 13.5. The summed E-state index contributed by atoms with van der Waals surface area (Å²) in [5.41, 5.74) is 0.727. The highest BCUT2D eigenvalue weighted by Gasteiger charge is 2.25. The van der Waals surface area contributed by atoms with E-state index in [2.05, 4.69) is 5.16 Å². The maximum absolute atomic E-state index is 12.7. The van der Waals surface area contributed by atoms with Crippen LogP contribution < -0.4 is 0 Å². The van der Waals surface area contributed by atoms with E-state index in [9.17, 15) is 8.42 Å². The summed E-state index contributed by atoms with van der Waals surface area (Å²) in [6.45, 7) is 4.30. The predicted octanol–water partition coefficient (Wildman–Crippen LogP) is 3.24. The van der Waals surface area contributed by atoms with Crippen LogP contribution in [0.1, 0.15) is 24.8 Å². The smallest absolute Gasteiger partial charge is 0.243 e. The van der Waals surface area contributed by atoms with Gasteiger partial charge in [0.1, 0.15) is 0 Å². The Kier molecular flexibility index (Phi) is 5.03. The van der Waals surface area contributed by atoms with Crippen LogP contribution in [0.25, 0.3) is 0 Å². The number of hydrogen-bond donors (Lipinski definition) is 0. The second kappa shape index (κ2) is 6.60. The van der Waals surface area contributed by atoms with Gasteiger partial charge in [-0.05, 0) is 37.6 Å². The maximum Gasteiger partial charge on any atom is 0.243 e. The van der Waals surface area contributed by atoms with Gasteiger partial charge in [0.05, 0.1) is 17.1 Å². The second-order valence-corrected chi connectivity index (χ2v) is 7.10. The third-order valence-electron chi connectivity index (χ3n) is 2.93. The summed E-state index contributed by atoms with van der Waals surface area (Å²) in [4.78, 5) is 0.219. The lowest BCUT2D eigenvalue weighted by atomic mass is 10.4. The largest absolute Gasteiger partial charge is 0.360 e. The van der Waals surface area contributed by atoms with E-state index in [0.717, 1.165) is 5.69 Å². The van der Waals surface area contributed by atoms with Crippen molar-refractivity contribution in [2.45, 2.75) is 31.7 Å². The zero-order valence-electron chi connectivity index (χ0n) is 11.9. The molecule has 1 aromatic heterocycles. The molecule has 0 unspecified atom stereocenters. The van der Waals surface area contributed by atoms with Crippen molar-refractivity contribution in [3.8, 4) is 0 Å². The van der Waals surface area contributed by atoms with Crippen LogP contribution in [0, 0.1) is 6.92 Å². The Morgan fingerprint density at radius 2 is 1.95 bits per heavy atom. The molecule has 0 atom stereocenters. The molecule has 0 saturated heterocycles. The molecular formula is C14H17ClN2O3S. The molecule has 1 heterocycles. The SMILES string of the molecule is CCCN(Cc1cc(C)no1)S(=O)(=O)c1ccc(Cl)cc1. The number of benzene rings is 1. The molecule has 0 aliphatic heterocycles. The normalized spacial score (nSPS) is 12.0. The average Bonchev–Trinajstić information content (AvgIpc) is 2.84. The monoisotopic (exact) mass is 328 g/mol. The number of halogens is 1. The van der Waals surface area contributed by atoms with Crippen molar-refractivity contribution in [1.29, 1.82) is 0 Å². The summed E-state index contributed by atoms with van der Waals surface area (Å²) in [5.74, 6) is 0.526. The first kappa shape index (κ1) is 16.0. The molecule has 7 heteroatoms. The number of sulfonamides is 1. The minimum Gasteiger partial charge on any atom is -0.360 e. The number of rotatable bonds is 6. The topological polar surface area (TPSA) is 63.4 Å². The molecule has 2 rings (SSSR count). The Morgan fingerprint density at radius 3 is 2.48 bits per heavy atom. The molecular weight excluding hydrogens is 312 g/mol. The fourth-order valence-corrected chi connectivity index (χ4v) is 3.58. The maximum atomic E-state index is 12.7. The highest BCUT2D eigenvalue weighted by atomic mass is 35.5. The second-order valence-electron chi connectivity index (χ2n) is 4.73. The summed E-state index contributed by atoms with van der Waals surface area (Å²) >= 11 is 5.80. The van der Waals surface area contributed by atoms with E-state index in [4.69, 9.17) is 16.1 Å². The zero-order chi connectivity index (χ0) is 15.5. The van der Waals surface area contributed by atoms with Gasteiger partial charge < -0.3 is 4.52 Å². The molecule has 0 N–H and O–H groups in total. The molecule has 2 aromatic rings. The lowest BCUT2D eigenvalue weighted by Gasteiger charge is -2.20. The van der Waals surface area contributed by atoms with Crippen molar-refractivity contribution in [2.24, 2.45) is 0 Å². The average molecular weight is 329 g/mol. The molecule has 21 heavy (non-hydrogen) atoms. The minimum absolute atomic E-state index is 0.166. The molecule has 0 amide bonds. The summed E-state index contributed by atoms with van der Waals surface area (Å²) in [5, 5.41) is 4.28. The fraction of sp³-hybridized carbons (Fsp3) is 0.357. The van der Waals surface area contributed by atoms with Crippen LogP contribution in [0.5, 0.6) is 0 Å². The number of aryl methyl sites for hydroxylation is 1. The van der Waals surface area contributed by atoms with Gasteiger partial charge >= 0.3 is 0 Å². The standard InChI is InChI=1S/C14H17ClN2O3S/c1-3-8-17(10-13-9-11(2)16-20-13)21(18,19)14-6-4-12(15)5-7-14/h4-7,9H,3,8,10H2,1-2H3. The highest BCUT2D eigenvalue weighted by molar-refractivity contribution is 7.89. The van der Waals surface area contributed by atoms with Crippen LogP contribution in [0.2, 0.25) is 5.02 Å². The Hall–Kier alpha value is -1.37. The van der Waals surface area contributed by atoms with Crippen molar-refractivity contribution in [2.75, 3.05) is 6.54 Å². The van der Waals surface area contributed by atoms with E-state index in [1.807, 2.05) is 6.92 Å². The van der Waals surface area contributed by atoms with Gasteiger partial charge in [0, 0.05) is 17.6 Å². The van der Waals surface area contributed by atoms with Crippen LogP contribution >= 0.6 is 11.6 Å². The van der Waals surface area contributed by atoms with Gasteiger partial charge in [0.15, 0.2) is 5.76 Å². The minimum atomic E-state index is -3.58. The van der Waals surface area contributed by atoms with Crippen molar-refractivity contribution in [3.05, 3.63) is 46.8 Å². The molecule has 5 nitrogen and oxygen atoms in total. The number of hydrogen-bond acceptors (Lipinski definition) is 4. The van der Waals surface area contributed by atoms with E-state index in [1.54, 1.807) is 25.1 Å². The van der Waals surface area contributed by atoms with Gasteiger partial charge in [-0.15, -0.1) is 0 Å². The molecule has 114 valence electrons. The van der Waals surface area contributed by atoms with Crippen LogP contribution in [0.3, 0.4) is 0 Å². The molecule has 0 radical (unpaired) electrons.